The normalized spacial score (nSPS) is 12.7. The molecule has 1 aliphatic rings. The molecule has 248 valence electrons. The van der Waals surface area contributed by atoms with Gasteiger partial charge >= 0.3 is 0 Å². The number of carbonyl (C=O) groups excluding carboxylic acids is 4. The summed E-state index contributed by atoms with van der Waals surface area (Å²) in [6.45, 7) is 6.92. The smallest absolute Gasteiger partial charge is 0.227 e. The molecule has 0 saturated carbocycles. The first-order chi connectivity index (χ1) is 22.3. The summed E-state index contributed by atoms with van der Waals surface area (Å²) in [6, 6.07) is 14.5. The van der Waals surface area contributed by atoms with Crippen LogP contribution in [0.15, 0.2) is 48.5 Å². The first kappa shape index (κ1) is 36.5. The van der Waals surface area contributed by atoms with E-state index in [-0.39, 0.29) is 43.6 Å². The average Bonchev–Trinajstić information content (AvgIpc) is 3.05. The number of ether oxygens (including phenoxy) is 4. The number of hydrogen-bond acceptors (Lipinski definition) is 9. The summed E-state index contributed by atoms with van der Waals surface area (Å²) in [5.41, 5.74) is 9.08. The van der Waals surface area contributed by atoms with Gasteiger partial charge in [0.15, 0.2) is 0 Å². The molecule has 0 radical (unpaired) electrons. The molecule has 11 heteroatoms. The largest absolute Gasteiger partial charge is 0.379 e. The summed E-state index contributed by atoms with van der Waals surface area (Å²) in [5, 5.41) is 2.79. The van der Waals surface area contributed by atoms with Crippen molar-refractivity contribution < 1.29 is 38.1 Å². The molecule has 2 aromatic carbocycles. The monoisotopic (exact) mass is 635 g/mol. The molecule has 0 saturated heterocycles. The molecule has 11 nitrogen and oxygen atoms in total. The fraction of sp³-hybridized carbons (Fsp3) is 0.486. The number of carbonyl (C=O) groups is 4. The minimum atomic E-state index is -0.772. The van der Waals surface area contributed by atoms with Gasteiger partial charge in [0, 0.05) is 36.9 Å². The van der Waals surface area contributed by atoms with Gasteiger partial charge in [0.25, 0.3) is 0 Å². The fourth-order valence-corrected chi connectivity index (χ4v) is 4.45. The number of ketones is 2. The van der Waals surface area contributed by atoms with Crippen molar-refractivity contribution in [3.8, 4) is 11.8 Å². The van der Waals surface area contributed by atoms with Crippen molar-refractivity contribution in [2.24, 2.45) is 11.7 Å². The lowest BCUT2D eigenvalue weighted by molar-refractivity contribution is -0.138. The van der Waals surface area contributed by atoms with E-state index in [9.17, 15) is 19.2 Å². The van der Waals surface area contributed by atoms with Crippen molar-refractivity contribution in [3.63, 3.8) is 0 Å². The highest BCUT2D eigenvalue weighted by Crippen LogP contribution is 2.26. The van der Waals surface area contributed by atoms with Gasteiger partial charge in [0.2, 0.25) is 23.4 Å². The number of rotatable bonds is 21. The maximum absolute atomic E-state index is 13.2. The van der Waals surface area contributed by atoms with E-state index in [4.69, 9.17) is 24.7 Å². The van der Waals surface area contributed by atoms with Crippen LogP contribution in [0, 0.1) is 17.8 Å². The van der Waals surface area contributed by atoms with Crippen molar-refractivity contribution in [1.29, 1.82) is 0 Å². The molecule has 3 rings (SSSR count). The second kappa shape index (κ2) is 20.3. The van der Waals surface area contributed by atoms with Crippen LogP contribution in [0.4, 0.5) is 5.69 Å². The number of Topliss-reactive ketones (excluding diaryl/α,β-unsaturated/α-hetero) is 2. The van der Waals surface area contributed by atoms with E-state index in [1.165, 1.54) is 0 Å². The lowest BCUT2D eigenvalue weighted by Crippen LogP contribution is -2.40. The average molecular weight is 636 g/mol. The van der Waals surface area contributed by atoms with Crippen LogP contribution >= 0.6 is 0 Å². The topological polar surface area (TPSA) is 146 Å². The third-order valence-corrected chi connectivity index (χ3v) is 7.19. The van der Waals surface area contributed by atoms with Gasteiger partial charge < -0.3 is 34.9 Å². The Morgan fingerprint density at radius 2 is 1.33 bits per heavy atom. The first-order valence-electron chi connectivity index (χ1n) is 15.7. The molecule has 0 bridgehead atoms. The Bertz CT molecular complexity index is 1370. The van der Waals surface area contributed by atoms with Crippen LogP contribution < -0.4 is 16.0 Å². The molecule has 0 fully saturated rings. The van der Waals surface area contributed by atoms with E-state index in [0.29, 0.717) is 59.3 Å². The number of nitrogens with zero attached hydrogens (tertiary/aromatic N) is 1. The Kier molecular flexibility index (Phi) is 16.1. The van der Waals surface area contributed by atoms with Gasteiger partial charge in [0.1, 0.15) is 0 Å². The Morgan fingerprint density at radius 3 is 2.00 bits per heavy atom. The van der Waals surface area contributed by atoms with Crippen LogP contribution in [0.25, 0.3) is 0 Å². The third kappa shape index (κ3) is 12.5. The summed E-state index contributed by atoms with van der Waals surface area (Å²) in [5.74, 6) is 4.86. The quantitative estimate of drug-likeness (QED) is 0.120. The summed E-state index contributed by atoms with van der Waals surface area (Å²) < 4.78 is 21.7. The van der Waals surface area contributed by atoms with E-state index in [1.54, 1.807) is 18.7 Å². The standard InChI is InChI=1S/C35H45N3O8/c1-26(2)34(36)35(42)31(39)15-17-43-19-21-45-23-24-46-22-20-44-18-16-37-32(40)13-14-33(41)38-25-29-9-4-3-7-27(29)11-12-28-8-5-6-10-30(28)38/h3-10,26,34H,13-25,36H2,1-2H3,(H,37,40)/t34-/m0/s1. The van der Waals surface area contributed by atoms with E-state index >= 15 is 0 Å². The van der Waals surface area contributed by atoms with Crippen molar-refractivity contribution >= 4 is 29.1 Å². The number of nitrogens with two attached hydrogens (primary N) is 1. The second-order valence-electron chi connectivity index (χ2n) is 11.0. The molecular weight excluding hydrogens is 590 g/mol. The van der Waals surface area contributed by atoms with Crippen LogP contribution in [0.3, 0.4) is 0 Å². The Hall–Kier alpha value is -3.92. The van der Waals surface area contributed by atoms with Crippen LogP contribution in [0.2, 0.25) is 0 Å². The SMILES string of the molecule is CC(C)[C@H](N)C(=O)C(=O)CCOCCOCCOCCOCCNC(=O)CCC(=O)N1Cc2ccccc2C#Cc2ccccc21. The van der Waals surface area contributed by atoms with Crippen LogP contribution in [-0.2, 0) is 44.7 Å². The van der Waals surface area contributed by atoms with Gasteiger partial charge in [-0.15, -0.1) is 0 Å². The number of amides is 2. The Balaban J connectivity index is 1.18. The van der Waals surface area contributed by atoms with Gasteiger partial charge in [-0.25, -0.2) is 0 Å². The van der Waals surface area contributed by atoms with E-state index in [1.807, 2.05) is 48.5 Å². The summed E-state index contributed by atoms with van der Waals surface area (Å²) in [6.07, 6.45) is 0.156. The van der Waals surface area contributed by atoms with Crippen molar-refractivity contribution in [3.05, 3.63) is 65.2 Å². The molecule has 0 aliphatic carbocycles. The number of fused-ring (bicyclic) bond motifs is 2. The van der Waals surface area contributed by atoms with Gasteiger partial charge in [-0.1, -0.05) is 56.0 Å². The summed E-state index contributed by atoms with van der Waals surface area (Å²) in [4.78, 5) is 51.0. The third-order valence-electron chi connectivity index (χ3n) is 7.19. The second-order valence-corrected chi connectivity index (χ2v) is 11.0. The minimum absolute atomic E-state index is 0.00603. The number of nitrogens with one attached hydrogen (secondary N) is 1. The number of hydrogen-bond donors (Lipinski definition) is 2. The summed E-state index contributed by atoms with van der Waals surface area (Å²) >= 11 is 0. The molecule has 3 N–H and O–H groups in total. The van der Waals surface area contributed by atoms with Crippen molar-refractivity contribution in [1.82, 2.24) is 5.32 Å². The highest BCUT2D eigenvalue weighted by molar-refractivity contribution is 6.39. The van der Waals surface area contributed by atoms with Gasteiger partial charge in [-0.05, 0) is 29.7 Å². The zero-order valence-electron chi connectivity index (χ0n) is 26.8. The fourth-order valence-electron chi connectivity index (χ4n) is 4.45. The van der Waals surface area contributed by atoms with Gasteiger partial charge in [-0.2, -0.15) is 0 Å². The molecule has 2 amide bonds. The minimum Gasteiger partial charge on any atom is -0.379 e. The molecule has 1 heterocycles. The lowest BCUT2D eigenvalue weighted by atomic mass is 9.97. The predicted molar refractivity (Wildman–Crippen MR) is 173 cm³/mol. The predicted octanol–water partition coefficient (Wildman–Crippen LogP) is 2.41. The van der Waals surface area contributed by atoms with E-state index < -0.39 is 17.6 Å². The lowest BCUT2D eigenvalue weighted by Gasteiger charge is -2.26. The maximum atomic E-state index is 13.2. The Labute approximate surface area is 271 Å². The molecule has 1 atom stereocenters. The number of benzene rings is 2. The molecule has 1 aliphatic heterocycles. The molecule has 0 spiro atoms. The molecule has 46 heavy (non-hydrogen) atoms. The molecular formula is C35H45N3O8. The van der Waals surface area contributed by atoms with E-state index in [0.717, 1.165) is 22.4 Å². The van der Waals surface area contributed by atoms with E-state index in [2.05, 4.69) is 17.2 Å². The van der Waals surface area contributed by atoms with Crippen molar-refractivity contribution in [2.75, 3.05) is 64.3 Å². The number of anilines is 1. The maximum Gasteiger partial charge on any atom is 0.227 e. The van der Waals surface area contributed by atoms with Crippen molar-refractivity contribution in [2.45, 2.75) is 45.7 Å². The Morgan fingerprint density at radius 1 is 0.761 bits per heavy atom. The number of para-hydroxylation sites is 1. The highest BCUT2D eigenvalue weighted by Gasteiger charge is 2.24. The zero-order valence-corrected chi connectivity index (χ0v) is 26.8. The summed E-state index contributed by atoms with van der Waals surface area (Å²) in [7, 11) is 0. The van der Waals surface area contributed by atoms with Gasteiger partial charge in [0.05, 0.1) is 71.1 Å². The molecule has 0 unspecified atom stereocenters. The molecule has 2 aromatic rings. The van der Waals surface area contributed by atoms with Crippen LogP contribution in [0.5, 0.6) is 0 Å². The highest BCUT2D eigenvalue weighted by atomic mass is 16.6. The first-order valence-corrected chi connectivity index (χ1v) is 15.7. The van der Waals surface area contributed by atoms with Gasteiger partial charge in [-0.3, -0.25) is 19.2 Å². The zero-order chi connectivity index (χ0) is 33.1. The molecule has 0 aromatic heterocycles. The van der Waals surface area contributed by atoms with Crippen LogP contribution in [-0.4, -0.2) is 88.8 Å². The van der Waals surface area contributed by atoms with Crippen LogP contribution in [0.1, 0.15) is 49.8 Å².